The molecule has 0 amide bonds. The fraction of sp³-hybridized carbons (Fsp3) is 0.190. The van der Waals surface area contributed by atoms with Crippen LogP contribution in [0.15, 0.2) is 67.1 Å². The molecule has 2 heterocycles. The van der Waals surface area contributed by atoms with Gasteiger partial charge in [-0.1, -0.05) is 29.8 Å². The normalized spacial score (nSPS) is 12.6. The summed E-state index contributed by atoms with van der Waals surface area (Å²) in [6.07, 6.45) is -0.171. The predicted octanol–water partition coefficient (Wildman–Crippen LogP) is 5.48. The fourth-order valence-electron chi connectivity index (χ4n) is 3.06. The van der Waals surface area contributed by atoms with Crippen molar-refractivity contribution in [2.75, 3.05) is 0 Å². The molecule has 0 spiro atoms. The van der Waals surface area contributed by atoms with Gasteiger partial charge in [-0.2, -0.15) is 13.2 Å². The van der Waals surface area contributed by atoms with E-state index in [9.17, 15) is 18.0 Å². The quantitative estimate of drug-likeness (QED) is 0.546. The molecular weight excluding hydrogens is 389 g/mol. The molecule has 0 saturated carbocycles. The number of benzene rings is 1. The summed E-state index contributed by atoms with van der Waals surface area (Å²) in [6, 6.07) is 12.2. The van der Waals surface area contributed by atoms with Gasteiger partial charge in [0.2, 0.25) is 0 Å². The molecule has 3 aromatic rings. The molecule has 1 atom stereocenters. The largest absolute Gasteiger partial charge is 0.418 e. The summed E-state index contributed by atoms with van der Waals surface area (Å²) in [5.74, 6) is -1.07. The maximum absolute atomic E-state index is 13.5. The lowest BCUT2D eigenvalue weighted by Gasteiger charge is -2.21. The van der Waals surface area contributed by atoms with Gasteiger partial charge >= 0.3 is 6.18 Å². The lowest BCUT2D eigenvalue weighted by Crippen LogP contribution is -2.18. The fourth-order valence-corrected chi connectivity index (χ4v) is 3.26. The number of ketones is 1. The highest BCUT2D eigenvalue weighted by atomic mass is 35.5. The van der Waals surface area contributed by atoms with Crippen LogP contribution in [-0.2, 0) is 17.4 Å². The molecular formula is C21H16ClF3N2O. The molecule has 0 aliphatic rings. The van der Waals surface area contributed by atoms with E-state index in [4.69, 9.17) is 11.6 Å². The van der Waals surface area contributed by atoms with Gasteiger partial charge in [-0.05, 0) is 41.5 Å². The van der Waals surface area contributed by atoms with E-state index in [1.165, 1.54) is 12.3 Å². The molecule has 1 aromatic carbocycles. The first-order chi connectivity index (χ1) is 13.3. The van der Waals surface area contributed by atoms with E-state index in [2.05, 4.69) is 9.97 Å². The lowest BCUT2D eigenvalue weighted by molar-refractivity contribution is -0.138. The topological polar surface area (TPSA) is 42.9 Å². The number of pyridine rings is 2. The summed E-state index contributed by atoms with van der Waals surface area (Å²) >= 11 is 6.04. The minimum Gasteiger partial charge on any atom is -0.299 e. The highest BCUT2D eigenvalue weighted by molar-refractivity contribution is 6.30. The average Bonchev–Trinajstić information content (AvgIpc) is 2.66. The Kier molecular flexibility index (Phi) is 6.09. The molecule has 0 unspecified atom stereocenters. The number of hydrogen-bond acceptors (Lipinski definition) is 3. The minimum absolute atomic E-state index is 0.0824. The molecule has 0 aliphatic heterocycles. The zero-order chi connectivity index (χ0) is 20.1. The molecule has 0 saturated heterocycles. The Hall–Kier alpha value is -2.73. The Labute approximate surface area is 165 Å². The van der Waals surface area contributed by atoms with Crippen molar-refractivity contribution >= 4 is 17.4 Å². The molecule has 28 heavy (non-hydrogen) atoms. The molecule has 0 aliphatic carbocycles. The third-order valence-electron chi connectivity index (χ3n) is 4.28. The molecule has 0 N–H and O–H groups in total. The maximum atomic E-state index is 13.5. The van der Waals surface area contributed by atoms with Crippen molar-refractivity contribution < 1.29 is 18.0 Å². The molecule has 7 heteroatoms. The Morgan fingerprint density at radius 2 is 1.86 bits per heavy atom. The number of nitrogens with zero attached hydrogens (tertiary/aromatic N) is 2. The van der Waals surface area contributed by atoms with Gasteiger partial charge in [-0.25, -0.2) is 0 Å². The van der Waals surface area contributed by atoms with Crippen LogP contribution in [0.1, 0.15) is 34.7 Å². The third-order valence-corrected chi connectivity index (χ3v) is 4.52. The summed E-state index contributed by atoms with van der Waals surface area (Å²) in [6.45, 7) is 0. The first-order valence-corrected chi connectivity index (χ1v) is 8.90. The Morgan fingerprint density at radius 3 is 2.54 bits per heavy atom. The van der Waals surface area contributed by atoms with Crippen LogP contribution < -0.4 is 0 Å². The average molecular weight is 405 g/mol. The highest BCUT2D eigenvalue weighted by Gasteiger charge is 2.37. The van der Waals surface area contributed by atoms with Crippen LogP contribution in [0.2, 0.25) is 5.02 Å². The molecule has 3 rings (SSSR count). The van der Waals surface area contributed by atoms with Crippen LogP contribution in [0.5, 0.6) is 0 Å². The minimum atomic E-state index is -4.58. The van der Waals surface area contributed by atoms with Crippen molar-refractivity contribution in [3.63, 3.8) is 0 Å². The number of aromatic nitrogens is 2. The summed E-state index contributed by atoms with van der Waals surface area (Å²) < 4.78 is 40.6. The summed E-state index contributed by atoms with van der Waals surface area (Å²) in [4.78, 5) is 20.6. The summed E-state index contributed by atoms with van der Waals surface area (Å²) in [5.41, 5.74) is 0.177. The van der Waals surface area contributed by atoms with Crippen molar-refractivity contribution in [1.29, 1.82) is 0 Å². The number of halogens is 4. The smallest absolute Gasteiger partial charge is 0.299 e. The molecule has 0 radical (unpaired) electrons. The molecule has 144 valence electrons. The van der Waals surface area contributed by atoms with Gasteiger partial charge in [0.1, 0.15) is 5.78 Å². The summed E-state index contributed by atoms with van der Waals surface area (Å²) in [5, 5.41) is 0.381. The number of carbonyl (C=O) groups excluding carboxylic acids is 1. The van der Waals surface area contributed by atoms with Crippen molar-refractivity contribution in [3.05, 3.63) is 94.5 Å². The Morgan fingerprint density at radius 1 is 1.07 bits per heavy atom. The van der Waals surface area contributed by atoms with Crippen LogP contribution in [-0.4, -0.2) is 15.8 Å². The van der Waals surface area contributed by atoms with E-state index < -0.39 is 17.7 Å². The molecule has 3 nitrogen and oxygen atoms in total. The van der Waals surface area contributed by atoms with E-state index in [1.54, 1.807) is 48.8 Å². The first-order valence-electron chi connectivity index (χ1n) is 8.53. The number of rotatable bonds is 6. The van der Waals surface area contributed by atoms with E-state index in [0.29, 0.717) is 16.1 Å². The number of Topliss-reactive ketones (excluding diaryl/α,β-unsaturated/α-hetero) is 1. The van der Waals surface area contributed by atoms with Crippen molar-refractivity contribution in [3.8, 4) is 0 Å². The van der Waals surface area contributed by atoms with Crippen LogP contribution in [0.25, 0.3) is 0 Å². The number of carbonyl (C=O) groups is 1. The van der Waals surface area contributed by atoms with Gasteiger partial charge < -0.3 is 0 Å². The van der Waals surface area contributed by atoms with Crippen molar-refractivity contribution in [2.45, 2.75) is 24.9 Å². The van der Waals surface area contributed by atoms with Gasteiger partial charge in [-0.15, -0.1) is 0 Å². The Bertz CT molecular complexity index is 961. The van der Waals surface area contributed by atoms with Crippen molar-refractivity contribution in [2.24, 2.45) is 0 Å². The number of alkyl halides is 3. The van der Waals surface area contributed by atoms with Crippen LogP contribution >= 0.6 is 11.6 Å². The highest BCUT2D eigenvalue weighted by Crippen LogP contribution is 2.38. The maximum Gasteiger partial charge on any atom is 0.418 e. The zero-order valence-electron chi connectivity index (χ0n) is 14.7. The second-order valence-electron chi connectivity index (χ2n) is 6.32. The molecule has 2 aromatic heterocycles. The van der Waals surface area contributed by atoms with Gasteiger partial charge in [0.05, 0.1) is 11.3 Å². The van der Waals surface area contributed by atoms with Gasteiger partial charge in [0.25, 0.3) is 0 Å². The van der Waals surface area contributed by atoms with Crippen molar-refractivity contribution in [1.82, 2.24) is 9.97 Å². The second kappa shape index (κ2) is 8.52. The van der Waals surface area contributed by atoms with Crippen LogP contribution in [0.4, 0.5) is 13.2 Å². The van der Waals surface area contributed by atoms with Gasteiger partial charge in [-0.3, -0.25) is 14.8 Å². The van der Waals surface area contributed by atoms with Crippen LogP contribution in [0.3, 0.4) is 0 Å². The first kappa shape index (κ1) is 20.0. The third kappa shape index (κ3) is 4.95. The Balaban J connectivity index is 1.99. The van der Waals surface area contributed by atoms with E-state index >= 15 is 0 Å². The van der Waals surface area contributed by atoms with E-state index in [0.717, 1.165) is 6.07 Å². The van der Waals surface area contributed by atoms with E-state index in [-0.39, 0.29) is 24.3 Å². The zero-order valence-corrected chi connectivity index (χ0v) is 15.4. The second-order valence-corrected chi connectivity index (χ2v) is 6.76. The SMILES string of the molecule is O=C(Cc1cccnc1)C[C@@H](c1cccc(Cl)c1)c1ncccc1C(F)(F)F. The van der Waals surface area contributed by atoms with Gasteiger partial charge in [0.15, 0.2) is 0 Å². The van der Waals surface area contributed by atoms with Gasteiger partial charge in [0, 0.05) is 42.4 Å². The monoisotopic (exact) mass is 404 g/mol. The standard InChI is InChI=1S/C21H16ClF3N2O/c22-16-6-1-5-15(11-16)18(12-17(28)10-14-4-2-8-26-13-14)20-19(21(23,24)25)7-3-9-27-20/h1-9,11,13,18H,10,12H2/t18-/m0/s1. The molecule has 0 fully saturated rings. The lowest BCUT2D eigenvalue weighted by atomic mass is 9.86. The van der Waals surface area contributed by atoms with Crippen LogP contribution in [0, 0.1) is 0 Å². The summed E-state index contributed by atoms with van der Waals surface area (Å²) in [7, 11) is 0. The molecule has 0 bridgehead atoms. The van der Waals surface area contributed by atoms with E-state index in [1.807, 2.05) is 0 Å². The predicted molar refractivity (Wildman–Crippen MR) is 100 cm³/mol. The number of hydrogen-bond donors (Lipinski definition) is 0.